The Morgan fingerprint density at radius 2 is 2.06 bits per heavy atom. The number of hydrogen-bond acceptors (Lipinski definition) is 3. The van der Waals surface area contributed by atoms with Crippen molar-refractivity contribution in [3.05, 3.63) is 0 Å². The molecule has 3 unspecified atom stereocenters. The molecule has 0 bridgehead atoms. The highest BCUT2D eigenvalue weighted by molar-refractivity contribution is 5.79. The highest BCUT2D eigenvalue weighted by atomic mass is 16.3. The Balaban J connectivity index is 2.62. The molecule has 3 atom stereocenters. The summed E-state index contributed by atoms with van der Waals surface area (Å²) in [6, 6.07) is 0. The van der Waals surface area contributed by atoms with Gasteiger partial charge in [0, 0.05) is 5.92 Å². The predicted octanol–water partition coefficient (Wildman–Crippen LogP) is 1.03. The molecule has 4 heteroatoms. The summed E-state index contributed by atoms with van der Waals surface area (Å²) in [6.07, 6.45) is 3.67. The van der Waals surface area contributed by atoms with Crippen LogP contribution >= 0.6 is 0 Å². The molecule has 1 saturated carbocycles. The van der Waals surface area contributed by atoms with Crippen LogP contribution in [-0.2, 0) is 4.79 Å². The van der Waals surface area contributed by atoms with Gasteiger partial charge in [0.15, 0.2) is 0 Å². The van der Waals surface area contributed by atoms with Gasteiger partial charge in [0.25, 0.3) is 0 Å². The van der Waals surface area contributed by atoms with Gasteiger partial charge in [0.1, 0.15) is 0 Å². The number of carbonyl (C=O) groups excluding carboxylic acids is 1. The first-order valence-electron chi connectivity index (χ1n) is 6.58. The van der Waals surface area contributed by atoms with Gasteiger partial charge in [-0.15, -0.1) is 0 Å². The van der Waals surface area contributed by atoms with Crippen LogP contribution in [0.2, 0.25) is 0 Å². The summed E-state index contributed by atoms with van der Waals surface area (Å²) in [4.78, 5) is 12.2. The maximum Gasteiger partial charge on any atom is 0.223 e. The minimum atomic E-state index is -0.576. The summed E-state index contributed by atoms with van der Waals surface area (Å²) in [5.41, 5.74) is 5.15. The summed E-state index contributed by atoms with van der Waals surface area (Å²) in [6.45, 7) is 5.96. The summed E-state index contributed by atoms with van der Waals surface area (Å²) in [7, 11) is 0. The SMILES string of the molecule is CC(O)C(C)(C)NC(=O)C1CCCCC1CN. The second-order valence-electron chi connectivity index (χ2n) is 5.77. The molecule has 100 valence electrons. The second-order valence-corrected chi connectivity index (χ2v) is 5.77. The topological polar surface area (TPSA) is 75.3 Å². The summed E-state index contributed by atoms with van der Waals surface area (Å²) < 4.78 is 0. The van der Waals surface area contributed by atoms with Gasteiger partial charge >= 0.3 is 0 Å². The van der Waals surface area contributed by atoms with Crippen LogP contribution in [0.4, 0.5) is 0 Å². The van der Waals surface area contributed by atoms with Crippen LogP contribution in [-0.4, -0.2) is 29.2 Å². The van der Waals surface area contributed by atoms with Crippen molar-refractivity contribution in [3.63, 3.8) is 0 Å². The van der Waals surface area contributed by atoms with E-state index in [4.69, 9.17) is 5.73 Å². The predicted molar refractivity (Wildman–Crippen MR) is 68.4 cm³/mol. The van der Waals surface area contributed by atoms with E-state index in [0.29, 0.717) is 12.5 Å². The lowest BCUT2D eigenvalue weighted by Gasteiger charge is -2.35. The number of rotatable bonds is 4. The molecule has 1 aliphatic carbocycles. The van der Waals surface area contributed by atoms with Gasteiger partial charge in [0.05, 0.1) is 11.6 Å². The maximum absolute atomic E-state index is 12.2. The highest BCUT2D eigenvalue weighted by Crippen LogP contribution is 2.30. The molecule has 0 aromatic rings. The lowest BCUT2D eigenvalue weighted by Crippen LogP contribution is -2.54. The summed E-state index contributed by atoms with van der Waals surface area (Å²) in [5, 5.41) is 12.6. The zero-order valence-corrected chi connectivity index (χ0v) is 11.2. The zero-order chi connectivity index (χ0) is 13.1. The van der Waals surface area contributed by atoms with Gasteiger partial charge in [-0.25, -0.2) is 0 Å². The Labute approximate surface area is 104 Å². The van der Waals surface area contributed by atoms with Crippen molar-refractivity contribution in [2.24, 2.45) is 17.6 Å². The van der Waals surface area contributed by atoms with E-state index in [-0.39, 0.29) is 11.8 Å². The number of aliphatic hydroxyl groups is 1. The van der Waals surface area contributed by atoms with Crippen molar-refractivity contribution < 1.29 is 9.90 Å². The quantitative estimate of drug-likeness (QED) is 0.689. The van der Waals surface area contributed by atoms with Crippen LogP contribution in [0.5, 0.6) is 0 Å². The van der Waals surface area contributed by atoms with Crippen molar-refractivity contribution in [2.45, 2.75) is 58.1 Å². The molecule has 0 aromatic heterocycles. The zero-order valence-electron chi connectivity index (χ0n) is 11.2. The number of aliphatic hydroxyl groups excluding tert-OH is 1. The summed E-state index contributed by atoms with van der Waals surface area (Å²) in [5.74, 6) is 0.367. The Morgan fingerprint density at radius 3 is 2.59 bits per heavy atom. The molecule has 1 fully saturated rings. The molecule has 0 spiro atoms. The van der Waals surface area contributed by atoms with Crippen molar-refractivity contribution in [1.82, 2.24) is 5.32 Å². The third-order valence-electron chi connectivity index (χ3n) is 4.04. The van der Waals surface area contributed by atoms with Crippen molar-refractivity contribution in [1.29, 1.82) is 0 Å². The van der Waals surface area contributed by atoms with Crippen molar-refractivity contribution >= 4 is 5.91 Å². The largest absolute Gasteiger partial charge is 0.391 e. The second kappa shape index (κ2) is 5.83. The number of carbonyl (C=O) groups is 1. The third-order valence-corrected chi connectivity index (χ3v) is 4.04. The van der Waals surface area contributed by atoms with Crippen LogP contribution in [0.15, 0.2) is 0 Å². The van der Waals surface area contributed by atoms with Crippen molar-refractivity contribution in [3.8, 4) is 0 Å². The fourth-order valence-electron chi connectivity index (χ4n) is 2.35. The first kappa shape index (κ1) is 14.5. The Kier molecular flexibility index (Phi) is 4.95. The van der Waals surface area contributed by atoms with Gasteiger partial charge in [-0.2, -0.15) is 0 Å². The number of hydrogen-bond donors (Lipinski definition) is 3. The molecule has 0 aromatic carbocycles. The lowest BCUT2D eigenvalue weighted by atomic mass is 9.78. The van der Waals surface area contributed by atoms with Crippen molar-refractivity contribution in [2.75, 3.05) is 6.54 Å². The molecule has 0 saturated heterocycles. The van der Waals surface area contributed by atoms with E-state index in [1.165, 1.54) is 6.42 Å². The van der Waals surface area contributed by atoms with E-state index < -0.39 is 11.6 Å². The number of amides is 1. The van der Waals surface area contributed by atoms with E-state index >= 15 is 0 Å². The smallest absolute Gasteiger partial charge is 0.223 e. The average Bonchev–Trinajstić information content (AvgIpc) is 2.28. The normalized spacial score (nSPS) is 27.6. The first-order chi connectivity index (χ1) is 7.88. The van der Waals surface area contributed by atoms with Gasteiger partial charge < -0.3 is 16.2 Å². The first-order valence-corrected chi connectivity index (χ1v) is 6.58. The molecule has 17 heavy (non-hydrogen) atoms. The van der Waals surface area contributed by atoms with E-state index in [1.807, 2.05) is 13.8 Å². The molecule has 4 nitrogen and oxygen atoms in total. The fourth-order valence-corrected chi connectivity index (χ4v) is 2.35. The van der Waals surface area contributed by atoms with Crippen LogP contribution in [0.1, 0.15) is 46.5 Å². The Hall–Kier alpha value is -0.610. The highest BCUT2D eigenvalue weighted by Gasteiger charge is 2.34. The molecule has 0 radical (unpaired) electrons. The molecule has 1 rings (SSSR count). The molecule has 0 aliphatic heterocycles. The van der Waals surface area contributed by atoms with E-state index in [2.05, 4.69) is 5.32 Å². The number of nitrogens with one attached hydrogen (secondary N) is 1. The standard InChI is InChI=1S/C13H26N2O2/c1-9(16)13(2,3)15-12(17)11-7-5-4-6-10(11)8-14/h9-11,16H,4-8,14H2,1-3H3,(H,15,17). The summed E-state index contributed by atoms with van der Waals surface area (Å²) >= 11 is 0. The van der Waals surface area contributed by atoms with Gasteiger partial charge in [-0.05, 0) is 46.1 Å². The van der Waals surface area contributed by atoms with E-state index in [0.717, 1.165) is 19.3 Å². The Morgan fingerprint density at radius 1 is 1.47 bits per heavy atom. The third kappa shape index (κ3) is 3.68. The lowest BCUT2D eigenvalue weighted by molar-refractivity contribution is -0.130. The molecule has 4 N–H and O–H groups in total. The average molecular weight is 242 g/mol. The van der Waals surface area contributed by atoms with E-state index in [1.54, 1.807) is 6.92 Å². The minimum absolute atomic E-state index is 0.0202. The molecular weight excluding hydrogens is 216 g/mol. The molecular formula is C13H26N2O2. The van der Waals surface area contributed by atoms with Crippen LogP contribution in [0, 0.1) is 11.8 Å². The Bertz CT molecular complexity index is 264. The van der Waals surface area contributed by atoms with Crippen LogP contribution < -0.4 is 11.1 Å². The maximum atomic E-state index is 12.2. The van der Waals surface area contributed by atoms with Crippen LogP contribution in [0.3, 0.4) is 0 Å². The monoisotopic (exact) mass is 242 g/mol. The van der Waals surface area contributed by atoms with Gasteiger partial charge in [-0.1, -0.05) is 12.8 Å². The van der Waals surface area contributed by atoms with E-state index in [9.17, 15) is 9.90 Å². The molecule has 0 heterocycles. The molecule has 1 aliphatic rings. The van der Waals surface area contributed by atoms with Gasteiger partial charge in [0.2, 0.25) is 5.91 Å². The van der Waals surface area contributed by atoms with Crippen LogP contribution in [0.25, 0.3) is 0 Å². The number of nitrogens with two attached hydrogens (primary N) is 1. The minimum Gasteiger partial charge on any atom is -0.391 e. The fraction of sp³-hybridized carbons (Fsp3) is 0.923. The van der Waals surface area contributed by atoms with Gasteiger partial charge in [-0.3, -0.25) is 4.79 Å². The molecule has 1 amide bonds.